The second kappa shape index (κ2) is 7.77. The number of anilines is 1. The third kappa shape index (κ3) is 4.56. The number of carbonyl (C=O) groups is 1. The van der Waals surface area contributed by atoms with Crippen molar-refractivity contribution < 1.29 is 4.79 Å². The van der Waals surface area contributed by atoms with E-state index in [1.807, 2.05) is 26.8 Å². The van der Waals surface area contributed by atoms with Crippen molar-refractivity contribution in [1.29, 1.82) is 5.41 Å². The van der Waals surface area contributed by atoms with E-state index in [0.717, 1.165) is 22.6 Å². The van der Waals surface area contributed by atoms with Gasteiger partial charge in [-0.3, -0.25) is 9.78 Å². The van der Waals surface area contributed by atoms with Crippen LogP contribution in [0.4, 0.5) is 5.69 Å². The Morgan fingerprint density at radius 1 is 1.12 bits per heavy atom. The van der Waals surface area contributed by atoms with Gasteiger partial charge in [-0.05, 0) is 56.5 Å². The molecule has 1 heterocycles. The van der Waals surface area contributed by atoms with E-state index in [0.29, 0.717) is 27.7 Å². The molecular formula is C18H19Cl2N3O. The Morgan fingerprint density at radius 2 is 1.83 bits per heavy atom. The lowest BCUT2D eigenvalue weighted by atomic mass is 10.1. The van der Waals surface area contributed by atoms with Crippen LogP contribution in [0, 0.1) is 26.2 Å². The van der Waals surface area contributed by atoms with E-state index in [4.69, 9.17) is 28.6 Å². The second-order valence-electron chi connectivity index (χ2n) is 5.70. The van der Waals surface area contributed by atoms with Crippen LogP contribution in [0.15, 0.2) is 24.3 Å². The number of pyridine rings is 1. The van der Waals surface area contributed by atoms with E-state index in [1.54, 1.807) is 18.2 Å². The average Bonchev–Trinajstić information content (AvgIpc) is 2.51. The standard InChI is InChI=1S/C18H19Cl2N3O/c1-10-8-11(2)22-12(3)18(10)23-17(24)7-6-16(21)13-4-5-14(19)15(20)9-13/h4-5,8-9,21H,6-7H2,1-3H3,(H,23,24). The van der Waals surface area contributed by atoms with Gasteiger partial charge in [-0.15, -0.1) is 0 Å². The minimum Gasteiger partial charge on any atom is -0.324 e. The molecule has 1 amide bonds. The van der Waals surface area contributed by atoms with Gasteiger partial charge in [-0.2, -0.15) is 0 Å². The van der Waals surface area contributed by atoms with E-state index in [1.165, 1.54) is 0 Å². The maximum absolute atomic E-state index is 12.2. The maximum Gasteiger partial charge on any atom is 0.224 e. The smallest absolute Gasteiger partial charge is 0.224 e. The number of rotatable bonds is 5. The first-order chi connectivity index (χ1) is 11.3. The molecule has 126 valence electrons. The van der Waals surface area contributed by atoms with Crippen molar-refractivity contribution in [3.05, 3.63) is 56.8 Å². The number of aromatic nitrogens is 1. The van der Waals surface area contributed by atoms with Gasteiger partial charge in [0.15, 0.2) is 0 Å². The molecule has 24 heavy (non-hydrogen) atoms. The van der Waals surface area contributed by atoms with E-state index < -0.39 is 0 Å². The number of aryl methyl sites for hydroxylation is 3. The van der Waals surface area contributed by atoms with Gasteiger partial charge >= 0.3 is 0 Å². The predicted molar refractivity (Wildman–Crippen MR) is 99.6 cm³/mol. The molecule has 2 N–H and O–H groups in total. The van der Waals surface area contributed by atoms with Crippen molar-refractivity contribution in [1.82, 2.24) is 4.98 Å². The quantitative estimate of drug-likeness (QED) is 0.725. The highest BCUT2D eigenvalue weighted by Gasteiger charge is 2.11. The van der Waals surface area contributed by atoms with Crippen LogP contribution in [0.5, 0.6) is 0 Å². The molecule has 0 unspecified atom stereocenters. The van der Waals surface area contributed by atoms with Gasteiger partial charge in [0.25, 0.3) is 0 Å². The molecule has 0 atom stereocenters. The number of halogens is 2. The van der Waals surface area contributed by atoms with Crippen LogP contribution < -0.4 is 5.32 Å². The van der Waals surface area contributed by atoms with Gasteiger partial charge in [-0.1, -0.05) is 29.3 Å². The lowest BCUT2D eigenvalue weighted by Crippen LogP contribution is -2.15. The first-order valence-corrected chi connectivity index (χ1v) is 8.31. The predicted octanol–water partition coefficient (Wildman–Crippen LogP) is 5.10. The number of hydrogen-bond donors (Lipinski definition) is 2. The van der Waals surface area contributed by atoms with E-state index in [-0.39, 0.29) is 12.3 Å². The fourth-order valence-electron chi connectivity index (χ4n) is 2.48. The van der Waals surface area contributed by atoms with Crippen LogP contribution in [0.2, 0.25) is 10.0 Å². The average molecular weight is 364 g/mol. The summed E-state index contributed by atoms with van der Waals surface area (Å²) in [5.74, 6) is -0.142. The van der Waals surface area contributed by atoms with Crippen LogP contribution >= 0.6 is 23.2 Å². The van der Waals surface area contributed by atoms with Gasteiger partial charge in [-0.25, -0.2) is 0 Å². The molecule has 2 aromatic rings. The summed E-state index contributed by atoms with van der Waals surface area (Å²) < 4.78 is 0. The molecule has 6 heteroatoms. The van der Waals surface area contributed by atoms with Crippen molar-refractivity contribution in [3.8, 4) is 0 Å². The van der Waals surface area contributed by atoms with Gasteiger partial charge in [0, 0.05) is 17.8 Å². The molecule has 0 aliphatic heterocycles. The zero-order valence-electron chi connectivity index (χ0n) is 13.8. The zero-order valence-corrected chi connectivity index (χ0v) is 15.3. The zero-order chi connectivity index (χ0) is 17.9. The molecule has 1 aromatic carbocycles. The Bertz CT molecular complexity index is 780. The number of nitrogens with zero attached hydrogens (tertiary/aromatic N) is 1. The SMILES string of the molecule is Cc1cc(C)c(NC(=O)CCC(=N)c2ccc(Cl)c(Cl)c2)c(C)n1. The Balaban J connectivity index is 1.98. The van der Waals surface area contributed by atoms with Gasteiger partial charge in [0.1, 0.15) is 0 Å². The molecule has 0 fully saturated rings. The van der Waals surface area contributed by atoms with Crippen molar-refractivity contribution in [2.45, 2.75) is 33.6 Å². The van der Waals surface area contributed by atoms with Crippen LogP contribution in [-0.2, 0) is 4.79 Å². The summed E-state index contributed by atoms with van der Waals surface area (Å²) >= 11 is 11.8. The topological polar surface area (TPSA) is 65.8 Å². The van der Waals surface area contributed by atoms with Crippen molar-refractivity contribution in [2.75, 3.05) is 5.32 Å². The van der Waals surface area contributed by atoms with E-state index in [9.17, 15) is 4.79 Å². The van der Waals surface area contributed by atoms with Crippen molar-refractivity contribution in [3.63, 3.8) is 0 Å². The van der Waals surface area contributed by atoms with Crippen LogP contribution in [0.1, 0.15) is 35.4 Å². The molecule has 0 aliphatic rings. The lowest BCUT2D eigenvalue weighted by Gasteiger charge is -2.12. The van der Waals surface area contributed by atoms with Crippen molar-refractivity contribution in [2.24, 2.45) is 0 Å². The third-order valence-corrected chi connectivity index (χ3v) is 4.40. The summed E-state index contributed by atoms with van der Waals surface area (Å²) in [5.41, 5.74) is 4.45. The summed E-state index contributed by atoms with van der Waals surface area (Å²) in [6, 6.07) is 6.95. The minimum atomic E-state index is -0.142. The summed E-state index contributed by atoms with van der Waals surface area (Å²) in [6.07, 6.45) is 0.535. The summed E-state index contributed by atoms with van der Waals surface area (Å²) in [4.78, 5) is 16.5. The first kappa shape index (κ1) is 18.4. The number of amides is 1. The lowest BCUT2D eigenvalue weighted by molar-refractivity contribution is -0.116. The molecule has 0 spiro atoms. The third-order valence-electron chi connectivity index (χ3n) is 3.66. The molecule has 0 radical (unpaired) electrons. The molecule has 0 bridgehead atoms. The minimum absolute atomic E-state index is 0.142. The monoisotopic (exact) mass is 363 g/mol. The molecule has 4 nitrogen and oxygen atoms in total. The Morgan fingerprint density at radius 3 is 2.46 bits per heavy atom. The Hall–Kier alpha value is -1.91. The largest absolute Gasteiger partial charge is 0.324 e. The molecular weight excluding hydrogens is 345 g/mol. The number of benzene rings is 1. The number of nitrogens with one attached hydrogen (secondary N) is 2. The first-order valence-electron chi connectivity index (χ1n) is 7.55. The maximum atomic E-state index is 12.2. The summed E-state index contributed by atoms with van der Waals surface area (Å²) in [7, 11) is 0. The van der Waals surface area contributed by atoms with Crippen molar-refractivity contribution >= 4 is 40.5 Å². The van der Waals surface area contributed by atoms with E-state index >= 15 is 0 Å². The molecule has 0 saturated heterocycles. The Kier molecular flexibility index (Phi) is 5.97. The molecule has 0 aliphatic carbocycles. The molecule has 0 saturated carbocycles. The number of carbonyl (C=O) groups excluding carboxylic acids is 1. The second-order valence-corrected chi connectivity index (χ2v) is 6.51. The van der Waals surface area contributed by atoms with Crippen LogP contribution in [-0.4, -0.2) is 16.6 Å². The van der Waals surface area contributed by atoms with Gasteiger partial charge in [0.2, 0.25) is 5.91 Å². The molecule has 1 aromatic heterocycles. The fraction of sp³-hybridized carbons (Fsp3) is 0.278. The number of hydrogen-bond acceptors (Lipinski definition) is 3. The van der Waals surface area contributed by atoms with Crippen LogP contribution in [0.25, 0.3) is 0 Å². The van der Waals surface area contributed by atoms with Gasteiger partial charge in [0.05, 0.1) is 21.4 Å². The molecule has 2 rings (SSSR count). The highest BCUT2D eigenvalue weighted by atomic mass is 35.5. The summed E-state index contributed by atoms with van der Waals surface area (Å²) in [6.45, 7) is 5.73. The summed E-state index contributed by atoms with van der Waals surface area (Å²) in [5, 5.41) is 11.8. The fourth-order valence-corrected chi connectivity index (χ4v) is 2.78. The highest BCUT2D eigenvalue weighted by molar-refractivity contribution is 6.42. The Labute approximate surface area is 151 Å². The van der Waals surface area contributed by atoms with Gasteiger partial charge < -0.3 is 10.7 Å². The highest BCUT2D eigenvalue weighted by Crippen LogP contribution is 2.24. The van der Waals surface area contributed by atoms with Crippen LogP contribution in [0.3, 0.4) is 0 Å². The van der Waals surface area contributed by atoms with E-state index in [2.05, 4.69) is 10.3 Å². The normalized spacial score (nSPS) is 10.5.